The zero-order valence-electron chi connectivity index (χ0n) is 8.65. The van der Waals surface area contributed by atoms with E-state index in [1.807, 2.05) is 30.3 Å². The first-order valence-corrected chi connectivity index (χ1v) is 3.79. The Hall–Kier alpha value is -1.97. The van der Waals surface area contributed by atoms with Crippen LogP contribution in [0.3, 0.4) is 0 Å². The van der Waals surface area contributed by atoms with Crippen LogP contribution in [0.15, 0.2) is 36.4 Å². The third-order valence-corrected chi connectivity index (χ3v) is 0.907. The molecule has 2 rings (SSSR count). The minimum Gasteiger partial charge on any atom is -0.999 e. The van der Waals surface area contributed by atoms with Crippen molar-refractivity contribution < 1.29 is 21.7 Å². The summed E-state index contributed by atoms with van der Waals surface area (Å²) in [5.74, 6) is 0. The molecule has 2 aromatic carbocycles. The van der Waals surface area contributed by atoms with Crippen LogP contribution in [0.25, 0.3) is 31.9 Å². The molecule has 0 unspecified atom stereocenters. The molecule has 0 saturated carbocycles. The third kappa shape index (κ3) is 31.5. The van der Waals surface area contributed by atoms with Crippen LogP contribution in [-0.4, -0.2) is 0 Å². The topological polar surface area (TPSA) is 117 Å². The molecule has 0 aliphatic heterocycles. The van der Waals surface area contributed by atoms with E-state index in [9.17, 15) is 0 Å². The molecule has 0 spiro atoms. The second-order valence-electron chi connectivity index (χ2n) is 1.82. The van der Waals surface area contributed by atoms with Gasteiger partial charge in [0.25, 0.3) is 0 Å². The molecule has 17 heavy (non-hydrogen) atoms. The second kappa shape index (κ2) is 23.7. The third-order valence-electron chi connectivity index (χ3n) is 0.907. The molecule has 88 valence electrons. The summed E-state index contributed by atoms with van der Waals surface area (Å²) in [6, 6.07) is 22.0. The van der Waals surface area contributed by atoms with Crippen molar-refractivity contribution in [2.24, 2.45) is 0 Å². The molecule has 7 heteroatoms. The fraction of sp³-hybridized carbons (Fsp3) is 0. The van der Waals surface area contributed by atoms with Crippen molar-refractivity contribution >= 4 is 0 Å². The summed E-state index contributed by atoms with van der Waals surface area (Å²) in [6.45, 7) is 0. The van der Waals surface area contributed by atoms with Gasteiger partial charge in [-0.05, 0) is 0 Å². The van der Waals surface area contributed by atoms with Gasteiger partial charge in [-0.3, -0.25) is 9.82 Å². The maximum Gasteiger partial charge on any atom is 0 e. The Morgan fingerprint density at radius 2 is 1.18 bits per heavy atom. The Morgan fingerprint density at radius 1 is 0.824 bits per heavy atom. The van der Waals surface area contributed by atoms with E-state index in [0.717, 1.165) is 0 Å². The van der Waals surface area contributed by atoms with E-state index >= 15 is 0 Å². The molecule has 0 bridgehead atoms. The van der Waals surface area contributed by atoms with Crippen LogP contribution >= 0.6 is 0 Å². The van der Waals surface area contributed by atoms with E-state index in [1.54, 1.807) is 6.07 Å². The Labute approximate surface area is 114 Å². The van der Waals surface area contributed by atoms with Gasteiger partial charge in [0, 0.05) is 21.7 Å². The number of hydrogen-bond acceptors (Lipinski definition) is 0. The maximum atomic E-state index is 6.75. The molecule has 0 amide bonds. The first-order valence-electron chi connectivity index (χ1n) is 3.79. The SMILES string of the molecule is [N-]=[N+]=[N-].[N-]=[N+]=[N-].[Ti].[c-]1[c-][c-][cH-][c-]1.c1cc[cH-]c1. The van der Waals surface area contributed by atoms with Crippen LogP contribution in [-0.2, 0) is 21.7 Å². The van der Waals surface area contributed by atoms with Crippen LogP contribution in [0.2, 0.25) is 0 Å². The molecule has 0 aliphatic carbocycles. The van der Waals surface area contributed by atoms with E-state index in [2.05, 4.69) is 24.3 Å². The fourth-order valence-corrected chi connectivity index (χ4v) is 0.501. The minimum absolute atomic E-state index is 0. The van der Waals surface area contributed by atoms with E-state index < -0.39 is 0 Å². The summed E-state index contributed by atoms with van der Waals surface area (Å²) in [5.41, 5.74) is 27.0. The van der Waals surface area contributed by atoms with Gasteiger partial charge < -0.3 is 52.5 Å². The summed E-state index contributed by atoms with van der Waals surface area (Å²) in [4.78, 5) is 3.00. The molecular weight excluding hydrogens is 252 g/mol. The molecule has 0 aliphatic rings. The van der Waals surface area contributed by atoms with Crippen molar-refractivity contribution in [2.75, 3.05) is 0 Å². The predicted molar refractivity (Wildman–Crippen MR) is 59.6 cm³/mol. The van der Waals surface area contributed by atoms with Crippen LogP contribution in [0.4, 0.5) is 0 Å². The first-order chi connectivity index (χ1) is 7.83. The Balaban J connectivity index is -0.000000157. The smallest absolute Gasteiger partial charge is 0 e. The van der Waals surface area contributed by atoms with E-state index in [-0.39, 0.29) is 21.7 Å². The summed E-state index contributed by atoms with van der Waals surface area (Å²) in [7, 11) is 0. The standard InChI is InChI=1S/C5H5.C5H.2N3.Ti/c2*1-2-4-5-3-1;2*1-3-2;/h1-5H;1H;;;/q-1;-5;2*-1;. The van der Waals surface area contributed by atoms with Crippen LogP contribution < -0.4 is 0 Å². The normalized spacial score (nSPS) is 5.65. The van der Waals surface area contributed by atoms with E-state index in [0.29, 0.717) is 0 Å². The molecule has 2 aromatic rings. The molecule has 0 atom stereocenters. The molecule has 0 N–H and O–H groups in total. The van der Waals surface area contributed by atoms with Crippen molar-refractivity contribution in [3.05, 3.63) is 92.6 Å². The molecule has 0 aromatic heterocycles. The Kier molecular flexibility index (Phi) is 28.5. The largest absolute Gasteiger partial charge is 0.999 e. The molecule has 0 saturated heterocycles. The monoisotopic (exact) mass is 258 g/mol. The van der Waals surface area contributed by atoms with Crippen LogP contribution in [0, 0.1) is 24.3 Å². The molecule has 6 nitrogen and oxygen atoms in total. The van der Waals surface area contributed by atoms with Gasteiger partial charge in [0.05, 0.1) is 0 Å². The van der Waals surface area contributed by atoms with Gasteiger partial charge in [-0.15, -0.1) is 0 Å². The summed E-state index contributed by atoms with van der Waals surface area (Å²) in [5, 5.41) is 0. The number of rotatable bonds is 0. The zero-order chi connectivity index (χ0) is 12.5. The van der Waals surface area contributed by atoms with Gasteiger partial charge in [0.15, 0.2) is 0 Å². The fourth-order valence-electron chi connectivity index (χ4n) is 0.501. The Morgan fingerprint density at radius 3 is 1.29 bits per heavy atom. The zero-order valence-corrected chi connectivity index (χ0v) is 10.2. The average Bonchev–Trinajstić information content (AvgIpc) is 3.00. The van der Waals surface area contributed by atoms with Crippen molar-refractivity contribution in [2.45, 2.75) is 0 Å². The van der Waals surface area contributed by atoms with Crippen molar-refractivity contribution in [3.8, 4) is 0 Å². The summed E-state index contributed by atoms with van der Waals surface area (Å²) >= 11 is 0. The Bertz CT molecular complexity index is 283. The van der Waals surface area contributed by atoms with Crippen LogP contribution in [0.1, 0.15) is 0 Å². The van der Waals surface area contributed by atoms with Gasteiger partial charge in [-0.1, -0.05) is 0 Å². The van der Waals surface area contributed by atoms with Gasteiger partial charge in [-0.2, -0.15) is 18.2 Å². The van der Waals surface area contributed by atoms with E-state index in [4.69, 9.17) is 22.1 Å². The summed E-state index contributed by atoms with van der Waals surface area (Å²) < 4.78 is 0. The second-order valence-corrected chi connectivity index (χ2v) is 1.82. The molecular formula is C10H6N6Ti-8. The van der Waals surface area contributed by atoms with Gasteiger partial charge >= 0.3 is 0 Å². The maximum absolute atomic E-state index is 6.75. The van der Waals surface area contributed by atoms with Crippen LogP contribution in [0.5, 0.6) is 0 Å². The molecule has 0 fully saturated rings. The van der Waals surface area contributed by atoms with Gasteiger partial charge in [0.2, 0.25) is 0 Å². The van der Waals surface area contributed by atoms with Crippen molar-refractivity contribution in [3.63, 3.8) is 0 Å². The summed E-state index contributed by atoms with van der Waals surface area (Å²) in [6.07, 6.45) is 0. The van der Waals surface area contributed by atoms with Crippen molar-refractivity contribution in [1.82, 2.24) is 0 Å². The average molecular weight is 258 g/mol. The number of nitrogens with zero attached hydrogens (tertiary/aromatic N) is 6. The first kappa shape index (κ1) is 20.4. The van der Waals surface area contributed by atoms with Gasteiger partial charge in [-0.25, -0.2) is 12.1 Å². The quantitative estimate of drug-likeness (QED) is 0.225. The number of hydrogen-bond donors (Lipinski definition) is 0. The van der Waals surface area contributed by atoms with Crippen molar-refractivity contribution in [1.29, 1.82) is 0 Å². The predicted octanol–water partition coefficient (Wildman–Crippen LogP) is 3.74. The molecule has 0 heterocycles. The molecule has 0 radical (unpaired) electrons. The minimum atomic E-state index is 0. The van der Waals surface area contributed by atoms with Gasteiger partial charge in [0.1, 0.15) is 0 Å². The van der Waals surface area contributed by atoms with E-state index in [1.165, 1.54) is 9.82 Å².